The fraction of sp³-hybridized carbons (Fsp3) is 0.467. The summed E-state index contributed by atoms with van der Waals surface area (Å²) in [6, 6.07) is 5.03. The highest BCUT2D eigenvalue weighted by Crippen LogP contribution is 2.47. The number of hydrogen-bond donors (Lipinski definition) is 1. The fourth-order valence-electron chi connectivity index (χ4n) is 2.97. The maximum Gasteiger partial charge on any atom is 0.248 e. The Kier molecular flexibility index (Phi) is 3.66. The van der Waals surface area contributed by atoms with Crippen molar-refractivity contribution >= 4 is 40.9 Å². The molecule has 2 fully saturated rings. The van der Waals surface area contributed by atoms with Crippen LogP contribution in [0.25, 0.3) is 0 Å². The van der Waals surface area contributed by atoms with E-state index in [1.165, 1.54) is 0 Å². The van der Waals surface area contributed by atoms with E-state index in [2.05, 4.69) is 5.32 Å². The lowest BCUT2D eigenvalue weighted by Crippen LogP contribution is -2.48. The predicted molar refractivity (Wildman–Crippen MR) is 85.5 cm³/mol. The molecule has 2 amide bonds. The molecule has 2 aliphatic rings. The van der Waals surface area contributed by atoms with Crippen molar-refractivity contribution in [3.63, 3.8) is 0 Å². The van der Waals surface area contributed by atoms with Gasteiger partial charge in [0, 0.05) is 22.9 Å². The molecule has 112 valence electrons. The van der Waals surface area contributed by atoms with Gasteiger partial charge in [-0.15, -0.1) is 11.8 Å². The van der Waals surface area contributed by atoms with Crippen molar-refractivity contribution in [2.24, 2.45) is 0 Å². The van der Waals surface area contributed by atoms with Gasteiger partial charge in [0.15, 0.2) is 0 Å². The summed E-state index contributed by atoms with van der Waals surface area (Å²) in [5, 5.41) is 3.53. The number of carbonyl (C=O) groups is 2. The van der Waals surface area contributed by atoms with Gasteiger partial charge in [-0.3, -0.25) is 9.59 Å². The highest BCUT2D eigenvalue weighted by molar-refractivity contribution is 8.01. The van der Waals surface area contributed by atoms with Crippen LogP contribution in [0.5, 0.6) is 0 Å². The van der Waals surface area contributed by atoms with E-state index in [1.807, 2.05) is 19.9 Å². The van der Waals surface area contributed by atoms with Crippen molar-refractivity contribution in [1.29, 1.82) is 0 Å². The minimum absolute atomic E-state index is 0.0745. The van der Waals surface area contributed by atoms with Crippen molar-refractivity contribution in [2.75, 3.05) is 11.1 Å². The summed E-state index contributed by atoms with van der Waals surface area (Å²) in [5.74, 6) is 0.588. The molecule has 3 rings (SSSR count). The lowest BCUT2D eigenvalue weighted by Gasteiger charge is -2.30. The third-order valence-electron chi connectivity index (χ3n) is 4.27. The summed E-state index contributed by atoms with van der Waals surface area (Å²) >= 11 is 7.76. The van der Waals surface area contributed by atoms with Crippen molar-refractivity contribution in [1.82, 2.24) is 4.90 Å². The Labute approximate surface area is 133 Å². The molecule has 0 bridgehead atoms. The Morgan fingerprint density at radius 3 is 3.05 bits per heavy atom. The summed E-state index contributed by atoms with van der Waals surface area (Å²) in [4.78, 5) is 26.1. The second kappa shape index (κ2) is 5.21. The number of anilines is 1. The molecule has 0 aromatic heterocycles. The first-order valence-corrected chi connectivity index (χ1v) is 8.31. The van der Waals surface area contributed by atoms with E-state index in [-0.39, 0.29) is 16.7 Å². The van der Waals surface area contributed by atoms with Crippen LogP contribution in [0.1, 0.15) is 25.3 Å². The molecule has 2 heterocycles. The Morgan fingerprint density at radius 2 is 2.29 bits per heavy atom. The lowest BCUT2D eigenvalue weighted by atomic mass is 10.1. The number of thioether (sulfide) groups is 1. The topological polar surface area (TPSA) is 49.4 Å². The summed E-state index contributed by atoms with van der Waals surface area (Å²) in [6.07, 6.45) is 1.35. The molecule has 1 N–H and O–H groups in total. The maximum atomic E-state index is 12.5. The molecule has 0 spiro atoms. The number of nitrogens with zero attached hydrogens (tertiary/aromatic N) is 1. The summed E-state index contributed by atoms with van der Waals surface area (Å²) in [6.45, 7) is 3.91. The van der Waals surface area contributed by atoms with Crippen molar-refractivity contribution < 1.29 is 9.59 Å². The van der Waals surface area contributed by atoms with Crippen molar-refractivity contribution in [3.05, 3.63) is 28.8 Å². The van der Waals surface area contributed by atoms with E-state index in [9.17, 15) is 9.59 Å². The normalized spacial score (nSPS) is 27.9. The Bertz CT molecular complexity index is 622. The van der Waals surface area contributed by atoms with Crippen LogP contribution < -0.4 is 5.32 Å². The molecular weight excluding hydrogens is 308 g/mol. The third-order valence-corrected chi connectivity index (χ3v) is 6.19. The minimum Gasteiger partial charge on any atom is -0.324 e. The first-order valence-electron chi connectivity index (χ1n) is 6.94. The third kappa shape index (κ3) is 2.42. The monoisotopic (exact) mass is 324 g/mol. The van der Waals surface area contributed by atoms with E-state index < -0.39 is 6.04 Å². The quantitative estimate of drug-likeness (QED) is 0.909. The molecule has 6 heteroatoms. The standard InChI is InChI=1S/C15H17ClN2O2S/c1-9-10(16)4-3-5-11(9)17-14(20)12-8-21-15(2)7-6-13(19)18(12)15/h3-5,12H,6-8H2,1-2H3,(H,17,20)/t12-,15-/m1/s1. The molecule has 2 saturated heterocycles. The van der Waals surface area contributed by atoms with Gasteiger partial charge in [-0.05, 0) is 38.0 Å². The van der Waals surface area contributed by atoms with E-state index in [4.69, 9.17) is 11.6 Å². The Hall–Kier alpha value is -1.20. The molecule has 0 aliphatic carbocycles. The Balaban J connectivity index is 1.80. The maximum absolute atomic E-state index is 12.5. The molecular formula is C15H17ClN2O2S. The van der Waals surface area contributed by atoms with Crippen LogP contribution >= 0.6 is 23.4 Å². The van der Waals surface area contributed by atoms with Gasteiger partial charge in [0.25, 0.3) is 0 Å². The van der Waals surface area contributed by atoms with Gasteiger partial charge in [-0.25, -0.2) is 0 Å². The summed E-state index contributed by atoms with van der Waals surface area (Å²) in [5.41, 5.74) is 1.55. The Morgan fingerprint density at radius 1 is 1.52 bits per heavy atom. The van der Waals surface area contributed by atoms with Crippen molar-refractivity contribution in [3.8, 4) is 0 Å². The van der Waals surface area contributed by atoms with Crippen LogP contribution in [-0.2, 0) is 9.59 Å². The molecule has 21 heavy (non-hydrogen) atoms. The number of fused-ring (bicyclic) bond motifs is 1. The van der Waals surface area contributed by atoms with Crippen LogP contribution in [0.4, 0.5) is 5.69 Å². The van der Waals surface area contributed by atoms with Crippen LogP contribution in [0.3, 0.4) is 0 Å². The first-order chi connectivity index (χ1) is 9.92. The molecule has 0 radical (unpaired) electrons. The van der Waals surface area contributed by atoms with Crippen LogP contribution in [-0.4, -0.2) is 33.4 Å². The average Bonchev–Trinajstić information content (AvgIpc) is 2.92. The second-order valence-electron chi connectivity index (χ2n) is 5.67. The predicted octanol–water partition coefficient (Wildman–Crippen LogP) is 3.04. The van der Waals surface area contributed by atoms with Gasteiger partial charge in [-0.2, -0.15) is 0 Å². The van der Waals surface area contributed by atoms with Gasteiger partial charge in [0.2, 0.25) is 11.8 Å². The molecule has 1 aromatic carbocycles. The van der Waals surface area contributed by atoms with Crippen LogP contribution in [0.2, 0.25) is 5.02 Å². The van der Waals surface area contributed by atoms with Gasteiger partial charge < -0.3 is 10.2 Å². The highest BCUT2D eigenvalue weighted by Gasteiger charge is 2.52. The minimum atomic E-state index is -0.395. The molecule has 0 unspecified atom stereocenters. The summed E-state index contributed by atoms with van der Waals surface area (Å²) < 4.78 is 0. The molecule has 1 aromatic rings. The number of hydrogen-bond acceptors (Lipinski definition) is 3. The molecule has 2 atom stereocenters. The number of amides is 2. The second-order valence-corrected chi connectivity index (χ2v) is 7.58. The van der Waals surface area contributed by atoms with Crippen LogP contribution in [0.15, 0.2) is 18.2 Å². The van der Waals surface area contributed by atoms with Gasteiger partial charge >= 0.3 is 0 Å². The first kappa shape index (κ1) is 14.7. The molecule has 2 aliphatic heterocycles. The zero-order valence-corrected chi connectivity index (χ0v) is 13.6. The van der Waals surface area contributed by atoms with E-state index >= 15 is 0 Å². The lowest BCUT2D eigenvalue weighted by molar-refractivity contribution is -0.135. The molecule has 4 nitrogen and oxygen atoms in total. The number of benzene rings is 1. The van der Waals surface area contributed by atoms with E-state index in [0.717, 1.165) is 12.0 Å². The van der Waals surface area contributed by atoms with Crippen molar-refractivity contribution in [2.45, 2.75) is 37.6 Å². The van der Waals surface area contributed by atoms with Gasteiger partial charge in [-0.1, -0.05) is 17.7 Å². The zero-order chi connectivity index (χ0) is 15.2. The van der Waals surface area contributed by atoms with Gasteiger partial charge in [0.1, 0.15) is 6.04 Å². The summed E-state index contributed by atoms with van der Waals surface area (Å²) in [7, 11) is 0. The zero-order valence-electron chi connectivity index (χ0n) is 12.0. The number of rotatable bonds is 2. The number of halogens is 1. The molecule has 0 saturated carbocycles. The van der Waals surface area contributed by atoms with E-state index in [1.54, 1.807) is 28.8 Å². The fourth-order valence-corrected chi connectivity index (χ4v) is 4.58. The van der Waals surface area contributed by atoms with Crippen LogP contribution in [0, 0.1) is 6.92 Å². The average molecular weight is 325 g/mol. The largest absolute Gasteiger partial charge is 0.324 e. The SMILES string of the molecule is Cc1c(Cl)cccc1NC(=O)[C@H]1CS[C@]2(C)CCC(=O)N12. The smallest absolute Gasteiger partial charge is 0.248 e. The highest BCUT2D eigenvalue weighted by atomic mass is 35.5. The van der Waals surface area contributed by atoms with Gasteiger partial charge in [0.05, 0.1) is 4.87 Å². The number of nitrogens with one attached hydrogen (secondary N) is 1. The number of carbonyl (C=O) groups excluding carboxylic acids is 2. The van der Waals surface area contributed by atoms with E-state index in [0.29, 0.717) is 22.9 Å².